The van der Waals surface area contributed by atoms with Gasteiger partial charge in [-0.3, -0.25) is 0 Å². The highest BCUT2D eigenvalue weighted by Crippen LogP contribution is 2.18. The summed E-state index contributed by atoms with van der Waals surface area (Å²) in [4.78, 5) is 2.57. The standard InChI is InChI=1S/C15H23BrN2/c1-13-5-6-14(15(16)11-13)12-17-7-10-18-8-3-2-4-9-18/h5-6,11,17H,2-4,7-10,12H2,1H3. The number of halogens is 1. The van der Waals surface area contributed by atoms with Gasteiger partial charge in [-0.25, -0.2) is 0 Å². The van der Waals surface area contributed by atoms with E-state index >= 15 is 0 Å². The Labute approximate surface area is 119 Å². The van der Waals surface area contributed by atoms with Crippen LogP contribution in [0.5, 0.6) is 0 Å². The van der Waals surface area contributed by atoms with Crippen LogP contribution in [-0.2, 0) is 6.54 Å². The Balaban J connectivity index is 1.68. The Morgan fingerprint density at radius 3 is 2.72 bits per heavy atom. The molecule has 1 aliphatic heterocycles. The molecule has 2 nitrogen and oxygen atoms in total. The van der Waals surface area contributed by atoms with Crippen molar-refractivity contribution in [3.63, 3.8) is 0 Å². The van der Waals surface area contributed by atoms with E-state index in [-0.39, 0.29) is 0 Å². The first-order chi connectivity index (χ1) is 8.75. The minimum absolute atomic E-state index is 0.953. The summed E-state index contributed by atoms with van der Waals surface area (Å²) in [5.41, 5.74) is 2.65. The van der Waals surface area contributed by atoms with Gasteiger partial charge in [-0.05, 0) is 50.0 Å². The largest absolute Gasteiger partial charge is 0.311 e. The minimum Gasteiger partial charge on any atom is -0.311 e. The monoisotopic (exact) mass is 310 g/mol. The highest BCUT2D eigenvalue weighted by atomic mass is 79.9. The van der Waals surface area contributed by atoms with Gasteiger partial charge in [0.05, 0.1) is 0 Å². The van der Waals surface area contributed by atoms with Crippen molar-refractivity contribution < 1.29 is 0 Å². The molecular formula is C15H23BrN2. The zero-order chi connectivity index (χ0) is 12.8. The average molecular weight is 311 g/mol. The molecule has 1 aliphatic rings. The van der Waals surface area contributed by atoms with Crippen LogP contribution in [0.2, 0.25) is 0 Å². The minimum atomic E-state index is 0.953. The molecule has 0 aromatic heterocycles. The lowest BCUT2D eigenvalue weighted by Crippen LogP contribution is -2.35. The number of piperidine rings is 1. The highest BCUT2D eigenvalue weighted by Gasteiger charge is 2.08. The van der Waals surface area contributed by atoms with E-state index in [0.29, 0.717) is 0 Å². The van der Waals surface area contributed by atoms with Gasteiger partial charge in [0.15, 0.2) is 0 Å². The third-order valence-corrected chi connectivity index (χ3v) is 4.32. The van der Waals surface area contributed by atoms with Gasteiger partial charge in [-0.15, -0.1) is 0 Å². The number of rotatable bonds is 5. The summed E-state index contributed by atoms with van der Waals surface area (Å²) >= 11 is 3.63. The van der Waals surface area contributed by atoms with Crippen LogP contribution in [0.1, 0.15) is 30.4 Å². The Morgan fingerprint density at radius 2 is 2.00 bits per heavy atom. The Morgan fingerprint density at radius 1 is 1.22 bits per heavy atom. The molecule has 100 valence electrons. The molecule has 0 unspecified atom stereocenters. The second-order valence-corrected chi connectivity index (χ2v) is 6.03. The first kappa shape index (κ1) is 14.0. The lowest BCUT2D eigenvalue weighted by Gasteiger charge is -2.26. The summed E-state index contributed by atoms with van der Waals surface area (Å²) in [5.74, 6) is 0. The van der Waals surface area contributed by atoms with E-state index in [9.17, 15) is 0 Å². The molecule has 0 spiro atoms. The van der Waals surface area contributed by atoms with E-state index in [0.717, 1.165) is 13.1 Å². The van der Waals surface area contributed by atoms with E-state index < -0.39 is 0 Å². The molecule has 2 rings (SSSR count). The Kier molecular flexibility index (Phi) is 5.67. The number of hydrogen-bond acceptors (Lipinski definition) is 2. The number of likely N-dealkylation sites (tertiary alicyclic amines) is 1. The summed E-state index contributed by atoms with van der Waals surface area (Å²) < 4.78 is 1.22. The molecule has 18 heavy (non-hydrogen) atoms. The van der Waals surface area contributed by atoms with Crippen molar-refractivity contribution in [2.24, 2.45) is 0 Å². The third kappa shape index (κ3) is 4.38. The third-order valence-electron chi connectivity index (χ3n) is 3.58. The predicted molar refractivity (Wildman–Crippen MR) is 80.9 cm³/mol. The number of aryl methyl sites for hydroxylation is 1. The van der Waals surface area contributed by atoms with Gasteiger partial charge in [-0.2, -0.15) is 0 Å². The van der Waals surface area contributed by atoms with Crippen molar-refractivity contribution in [1.82, 2.24) is 10.2 Å². The van der Waals surface area contributed by atoms with Crippen LogP contribution in [0.15, 0.2) is 22.7 Å². The molecule has 0 radical (unpaired) electrons. The summed E-state index contributed by atoms with van der Waals surface area (Å²) in [7, 11) is 0. The molecule has 1 N–H and O–H groups in total. The molecule has 3 heteroatoms. The second kappa shape index (κ2) is 7.27. The normalized spacial score (nSPS) is 17.0. The smallest absolute Gasteiger partial charge is 0.0222 e. The average Bonchev–Trinajstić information content (AvgIpc) is 2.38. The summed E-state index contributed by atoms with van der Waals surface area (Å²) in [6, 6.07) is 6.56. The lowest BCUT2D eigenvalue weighted by molar-refractivity contribution is 0.229. The molecule has 1 fully saturated rings. The fourth-order valence-electron chi connectivity index (χ4n) is 2.44. The maximum Gasteiger partial charge on any atom is 0.0222 e. The van der Waals surface area contributed by atoms with Crippen LogP contribution in [0.4, 0.5) is 0 Å². The van der Waals surface area contributed by atoms with Gasteiger partial charge in [0, 0.05) is 24.1 Å². The van der Waals surface area contributed by atoms with Gasteiger partial charge in [0.1, 0.15) is 0 Å². The Bertz CT molecular complexity index is 373. The molecule has 0 saturated carbocycles. The number of hydrogen-bond donors (Lipinski definition) is 1. The molecule has 1 aromatic rings. The molecule has 0 atom stereocenters. The molecule has 0 amide bonds. The molecule has 0 bridgehead atoms. The Hall–Kier alpha value is -0.380. The zero-order valence-corrected chi connectivity index (χ0v) is 12.8. The first-order valence-corrected chi connectivity index (χ1v) is 7.73. The van der Waals surface area contributed by atoms with E-state index in [1.807, 2.05) is 0 Å². The number of nitrogens with one attached hydrogen (secondary N) is 1. The molecule has 1 aromatic carbocycles. The second-order valence-electron chi connectivity index (χ2n) is 5.17. The van der Waals surface area contributed by atoms with E-state index in [2.05, 4.69) is 51.3 Å². The summed E-state index contributed by atoms with van der Waals surface area (Å²) in [5, 5.41) is 3.54. The van der Waals surface area contributed by atoms with Crippen LogP contribution < -0.4 is 5.32 Å². The van der Waals surface area contributed by atoms with Gasteiger partial charge in [-0.1, -0.05) is 34.5 Å². The molecule has 1 saturated heterocycles. The van der Waals surface area contributed by atoms with Gasteiger partial charge in [0.2, 0.25) is 0 Å². The van der Waals surface area contributed by atoms with Crippen molar-refractivity contribution in [2.75, 3.05) is 26.2 Å². The quantitative estimate of drug-likeness (QED) is 0.839. The topological polar surface area (TPSA) is 15.3 Å². The van der Waals surface area contributed by atoms with Gasteiger partial charge in [0.25, 0.3) is 0 Å². The lowest BCUT2D eigenvalue weighted by atomic mass is 10.1. The molecule has 1 heterocycles. The SMILES string of the molecule is Cc1ccc(CNCCN2CCCCC2)c(Br)c1. The van der Waals surface area contributed by atoms with Crippen molar-refractivity contribution in [3.05, 3.63) is 33.8 Å². The fourth-order valence-corrected chi connectivity index (χ4v) is 3.07. The van der Waals surface area contributed by atoms with Crippen LogP contribution in [0.25, 0.3) is 0 Å². The molecule has 0 aliphatic carbocycles. The van der Waals surface area contributed by atoms with Crippen LogP contribution in [0, 0.1) is 6.92 Å². The maximum absolute atomic E-state index is 3.63. The van der Waals surface area contributed by atoms with Crippen molar-refractivity contribution >= 4 is 15.9 Å². The van der Waals surface area contributed by atoms with Crippen LogP contribution in [0.3, 0.4) is 0 Å². The fraction of sp³-hybridized carbons (Fsp3) is 0.600. The van der Waals surface area contributed by atoms with Crippen molar-refractivity contribution in [1.29, 1.82) is 0 Å². The molecular weight excluding hydrogens is 288 g/mol. The van der Waals surface area contributed by atoms with Gasteiger partial charge < -0.3 is 10.2 Å². The van der Waals surface area contributed by atoms with E-state index in [1.165, 1.54) is 54.5 Å². The maximum atomic E-state index is 3.63. The number of nitrogens with zero attached hydrogens (tertiary/aromatic N) is 1. The summed E-state index contributed by atoms with van der Waals surface area (Å²) in [6.45, 7) is 7.92. The first-order valence-electron chi connectivity index (χ1n) is 6.94. The zero-order valence-electron chi connectivity index (χ0n) is 11.2. The summed E-state index contributed by atoms with van der Waals surface area (Å²) in [6.07, 6.45) is 4.17. The predicted octanol–water partition coefficient (Wildman–Crippen LogP) is 3.33. The van der Waals surface area contributed by atoms with Crippen LogP contribution in [-0.4, -0.2) is 31.1 Å². The van der Waals surface area contributed by atoms with E-state index in [1.54, 1.807) is 0 Å². The van der Waals surface area contributed by atoms with Crippen LogP contribution >= 0.6 is 15.9 Å². The highest BCUT2D eigenvalue weighted by molar-refractivity contribution is 9.10. The van der Waals surface area contributed by atoms with E-state index in [4.69, 9.17) is 0 Å². The number of benzene rings is 1. The van der Waals surface area contributed by atoms with Gasteiger partial charge >= 0.3 is 0 Å². The van der Waals surface area contributed by atoms with Crippen molar-refractivity contribution in [3.8, 4) is 0 Å². The van der Waals surface area contributed by atoms with Crippen molar-refractivity contribution in [2.45, 2.75) is 32.7 Å².